The molecule has 0 aromatic carbocycles. The van der Waals surface area contributed by atoms with E-state index >= 15 is 0 Å². The van der Waals surface area contributed by atoms with Gasteiger partial charge in [0, 0.05) is 6.42 Å². The SMILES string of the molecule is Cc1cnc(CNC(=O)C(N)CCC(=O)O)o1. The summed E-state index contributed by atoms with van der Waals surface area (Å²) < 4.78 is 5.15. The van der Waals surface area contributed by atoms with Gasteiger partial charge >= 0.3 is 5.97 Å². The first-order chi connectivity index (χ1) is 7.99. The fraction of sp³-hybridized carbons (Fsp3) is 0.500. The van der Waals surface area contributed by atoms with Crippen molar-refractivity contribution in [1.82, 2.24) is 10.3 Å². The lowest BCUT2D eigenvalue weighted by atomic mass is 10.1. The fourth-order valence-electron chi connectivity index (χ4n) is 1.19. The van der Waals surface area contributed by atoms with Gasteiger partial charge in [-0.3, -0.25) is 9.59 Å². The Balaban J connectivity index is 2.31. The van der Waals surface area contributed by atoms with Gasteiger partial charge in [-0.25, -0.2) is 4.98 Å². The molecule has 1 rings (SSSR count). The maximum absolute atomic E-state index is 11.4. The van der Waals surface area contributed by atoms with Gasteiger partial charge in [-0.1, -0.05) is 0 Å². The van der Waals surface area contributed by atoms with Crippen molar-refractivity contribution in [3.05, 3.63) is 17.8 Å². The van der Waals surface area contributed by atoms with Crippen LogP contribution in [0.15, 0.2) is 10.6 Å². The van der Waals surface area contributed by atoms with E-state index in [1.807, 2.05) is 0 Å². The number of rotatable bonds is 6. The first-order valence-corrected chi connectivity index (χ1v) is 5.15. The predicted molar refractivity (Wildman–Crippen MR) is 57.9 cm³/mol. The van der Waals surface area contributed by atoms with Crippen molar-refractivity contribution in [2.45, 2.75) is 32.4 Å². The van der Waals surface area contributed by atoms with Crippen molar-refractivity contribution in [1.29, 1.82) is 0 Å². The van der Waals surface area contributed by atoms with Gasteiger partial charge in [-0.2, -0.15) is 0 Å². The highest BCUT2D eigenvalue weighted by molar-refractivity contribution is 5.82. The standard InChI is InChI=1S/C10H15N3O4/c1-6-4-12-8(17-6)5-13-10(16)7(11)2-3-9(14)15/h4,7H,2-3,5,11H2,1H3,(H,13,16)(H,14,15). The number of aromatic nitrogens is 1. The number of carboxylic acid groups (broad SMARTS) is 1. The van der Waals surface area contributed by atoms with E-state index < -0.39 is 17.9 Å². The van der Waals surface area contributed by atoms with Gasteiger partial charge in [0.15, 0.2) is 0 Å². The summed E-state index contributed by atoms with van der Waals surface area (Å²) in [5.74, 6) is -0.343. The number of carboxylic acids is 1. The van der Waals surface area contributed by atoms with E-state index in [2.05, 4.69) is 10.3 Å². The summed E-state index contributed by atoms with van der Waals surface area (Å²) in [6.45, 7) is 1.89. The van der Waals surface area contributed by atoms with E-state index in [0.717, 1.165) is 0 Å². The Bertz CT molecular complexity index is 402. The second-order valence-corrected chi connectivity index (χ2v) is 3.62. The zero-order chi connectivity index (χ0) is 12.8. The molecule has 0 saturated carbocycles. The van der Waals surface area contributed by atoms with E-state index in [1.54, 1.807) is 13.1 Å². The molecule has 1 aromatic rings. The molecule has 0 spiro atoms. The summed E-state index contributed by atoms with van der Waals surface area (Å²) in [5.41, 5.74) is 5.51. The number of hydrogen-bond donors (Lipinski definition) is 3. The molecule has 7 nitrogen and oxygen atoms in total. The molecular weight excluding hydrogens is 226 g/mol. The monoisotopic (exact) mass is 241 g/mol. The van der Waals surface area contributed by atoms with E-state index in [4.69, 9.17) is 15.3 Å². The molecule has 0 saturated heterocycles. The number of aryl methyl sites for hydroxylation is 1. The number of nitrogens with two attached hydrogens (primary N) is 1. The van der Waals surface area contributed by atoms with Crippen molar-refractivity contribution < 1.29 is 19.1 Å². The zero-order valence-electron chi connectivity index (χ0n) is 9.47. The van der Waals surface area contributed by atoms with Gasteiger partial charge in [0.05, 0.1) is 18.8 Å². The summed E-state index contributed by atoms with van der Waals surface area (Å²) in [6, 6.07) is -0.831. The number of aliphatic carboxylic acids is 1. The number of carbonyl (C=O) groups excluding carboxylic acids is 1. The molecule has 1 amide bonds. The topological polar surface area (TPSA) is 118 Å². The molecule has 0 fully saturated rings. The minimum Gasteiger partial charge on any atom is -0.481 e. The van der Waals surface area contributed by atoms with Crippen LogP contribution in [0.2, 0.25) is 0 Å². The molecule has 0 aliphatic heterocycles. The number of nitrogens with zero attached hydrogens (tertiary/aromatic N) is 1. The van der Waals surface area contributed by atoms with Gasteiger partial charge in [0.25, 0.3) is 0 Å². The molecule has 1 heterocycles. The summed E-state index contributed by atoms with van der Waals surface area (Å²) in [6.07, 6.45) is 1.52. The number of carbonyl (C=O) groups is 2. The molecule has 1 aromatic heterocycles. The van der Waals surface area contributed by atoms with Crippen LogP contribution in [-0.4, -0.2) is 28.0 Å². The van der Waals surface area contributed by atoms with E-state index in [-0.39, 0.29) is 19.4 Å². The summed E-state index contributed by atoms with van der Waals surface area (Å²) in [4.78, 5) is 25.6. The molecule has 0 bridgehead atoms. The van der Waals surface area contributed by atoms with Gasteiger partial charge in [-0.15, -0.1) is 0 Å². The third-order valence-electron chi connectivity index (χ3n) is 2.09. The first-order valence-electron chi connectivity index (χ1n) is 5.15. The summed E-state index contributed by atoms with van der Waals surface area (Å²) in [5, 5.41) is 11.0. The predicted octanol–water partition coefficient (Wildman–Crippen LogP) is -0.209. The molecule has 1 atom stereocenters. The molecule has 17 heavy (non-hydrogen) atoms. The van der Waals surface area contributed by atoms with Crippen molar-refractivity contribution in [2.24, 2.45) is 5.73 Å². The van der Waals surface area contributed by atoms with Crippen molar-refractivity contribution in [2.75, 3.05) is 0 Å². The lowest BCUT2D eigenvalue weighted by Crippen LogP contribution is -2.40. The molecule has 1 unspecified atom stereocenters. The normalized spacial score (nSPS) is 12.1. The van der Waals surface area contributed by atoms with Crippen molar-refractivity contribution in [3.8, 4) is 0 Å². The number of nitrogens with one attached hydrogen (secondary N) is 1. The van der Waals surface area contributed by atoms with E-state index in [9.17, 15) is 9.59 Å². The summed E-state index contributed by atoms with van der Waals surface area (Å²) >= 11 is 0. The quantitative estimate of drug-likeness (QED) is 0.634. The molecule has 0 aliphatic rings. The highest BCUT2D eigenvalue weighted by Crippen LogP contribution is 2.01. The maximum atomic E-state index is 11.4. The third kappa shape index (κ3) is 4.64. The van der Waals surface area contributed by atoms with Crippen LogP contribution in [0.25, 0.3) is 0 Å². The lowest BCUT2D eigenvalue weighted by molar-refractivity contribution is -0.137. The molecule has 4 N–H and O–H groups in total. The molecule has 0 radical (unpaired) electrons. The third-order valence-corrected chi connectivity index (χ3v) is 2.09. The van der Waals surface area contributed by atoms with Gasteiger partial charge in [0.1, 0.15) is 5.76 Å². The van der Waals surface area contributed by atoms with Crippen LogP contribution in [0.5, 0.6) is 0 Å². The number of hydrogen-bond acceptors (Lipinski definition) is 5. The molecule has 94 valence electrons. The van der Waals surface area contributed by atoms with Crippen LogP contribution >= 0.6 is 0 Å². The van der Waals surface area contributed by atoms with Gasteiger partial charge in [-0.05, 0) is 13.3 Å². The highest BCUT2D eigenvalue weighted by Gasteiger charge is 2.15. The minimum absolute atomic E-state index is 0.103. The maximum Gasteiger partial charge on any atom is 0.303 e. The second-order valence-electron chi connectivity index (χ2n) is 3.62. The van der Waals surface area contributed by atoms with Crippen LogP contribution in [0.1, 0.15) is 24.5 Å². The molecule has 7 heteroatoms. The Morgan fingerprint density at radius 3 is 2.88 bits per heavy atom. The Morgan fingerprint density at radius 2 is 2.35 bits per heavy atom. The van der Waals surface area contributed by atoms with E-state index in [1.165, 1.54) is 0 Å². The second kappa shape index (κ2) is 6.00. The van der Waals surface area contributed by atoms with Crippen LogP contribution in [0, 0.1) is 6.92 Å². The van der Waals surface area contributed by atoms with Crippen LogP contribution in [0.3, 0.4) is 0 Å². The largest absolute Gasteiger partial charge is 0.481 e. The average molecular weight is 241 g/mol. The molecular formula is C10H15N3O4. The smallest absolute Gasteiger partial charge is 0.303 e. The van der Waals surface area contributed by atoms with E-state index in [0.29, 0.717) is 11.7 Å². The van der Waals surface area contributed by atoms with Crippen LogP contribution in [0.4, 0.5) is 0 Å². The lowest BCUT2D eigenvalue weighted by Gasteiger charge is -2.09. The minimum atomic E-state index is -0.975. The Hall–Kier alpha value is -1.89. The Morgan fingerprint density at radius 1 is 1.65 bits per heavy atom. The van der Waals surface area contributed by atoms with Crippen molar-refractivity contribution in [3.63, 3.8) is 0 Å². The highest BCUT2D eigenvalue weighted by atomic mass is 16.4. The fourth-order valence-corrected chi connectivity index (χ4v) is 1.19. The number of oxazole rings is 1. The molecule has 0 aliphatic carbocycles. The van der Waals surface area contributed by atoms with Crippen molar-refractivity contribution >= 4 is 11.9 Å². The first kappa shape index (κ1) is 13.2. The number of amides is 1. The summed E-state index contributed by atoms with van der Waals surface area (Å²) in [7, 11) is 0. The van der Waals surface area contributed by atoms with Crippen LogP contribution in [-0.2, 0) is 16.1 Å². The zero-order valence-corrected chi connectivity index (χ0v) is 9.47. The Labute approximate surface area is 98.0 Å². The van der Waals surface area contributed by atoms with Gasteiger partial charge < -0.3 is 20.6 Å². The van der Waals surface area contributed by atoms with Crippen LogP contribution < -0.4 is 11.1 Å². The average Bonchev–Trinajstić information content (AvgIpc) is 2.68. The van der Waals surface area contributed by atoms with Gasteiger partial charge in [0.2, 0.25) is 11.8 Å². The Kier molecular flexibility index (Phi) is 4.65.